The van der Waals surface area contributed by atoms with E-state index in [0.29, 0.717) is 19.5 Å². The molecule has 1 fully saturated rings. The molecule has 1 atom stereocenters. The van der Waals surface area contributed by atoms with Gasteiger partial charge in [0.05, 0.1) is 0 Å². The zero-order valence-corrected chi connectivity index (χ0v) is 9.58. The van der Waals surface area contributed by atoms with Crippen molar-refractivity contribution in [2.45, 2.75) is 39.2 Å². The van der Waals surface area contributed by atoms with Crippen molar-refractivity contribution in [1.82, 2.24) is 4.90 Å². The summed E-state index contributed by atoms with van der Waals surface area (Å²) in [5.41, 5.74) is -0.452. The molecule has 0 aromatic heterocycles. The highest BCUT2D eigenvalue weighted by atomic mass is 16.6. The van der Waals surface area contributed by atoms with E-state index in [-0.39, 0.29) is 12.0 Å². The number of carbonyl (C=O) groups excluding carboxylic acids is 2. The molecule has 0 N–H and O–H groups in total. The topological polar surface area (TPSA) is 46.6 Å². The molecule has 0 aliphatic carbocycles. The standard InChI is InChI=1S/C11H18NO3/c1-11(2,3)15-10(14)12-6-4-9(8-12)5-7-13/h9H,4-6,8H2,1-3H3. The molecule has 4 heteroatoms. The number of rotatable bonds is 2. The minimum atomic E-state index is -0.452. The van der Waals surface area contributed by atoms with Crippen molar-refractivity contribution in [1.29, 1.82) is 0 Å². The highest BCUT2D eigenvalue weighted by Crippen LogP contribution is 2.20. The fourth-order valence-corrected chi connectivity index (χ4v) is 1.61. The van der Waals surface area contributed by atoms with E-state index in [1.807, 2.05) is 27.1 Å². The monoisotopic (exact) mass is 212 g/mol. The van der Waals surface area contributed by atoms with E-state index in [2.05, 4.69) is 0 Å². The van der Waals surface area contributed by atoms with Crippen LogP contribution in [-0.2, 0) is 9.53 Å². The average molecular weight is 212 g/mol. The lowest BCUT2D eigenvalue weighted by Gasteiger charge is -2.24. The van der Waals surface area contributed by atoms with Gasteiger partial charge in [-0.05, 0) is 33.1 Å². The van der Waals surface area contributed by atoms with E-state index in [4.69, 9.17) is 4.74 Å². The van der Waals surface area contributed by atoms with Crippen LogP contribution in [0.5, 0.6) is 0 Å². The first kappa shape index (κ1) is 12.0. The number of hydrogen-bond acceptors (Lipinski definition) is 3. The van der Waals surface area contributed by atoms with E-state index < -0.39 is 5.60 Å². The van der Waals surface area contributed by atoms with Crippen LogP contribution in [0.25, 0.3) is 0 Å². The van der Waals surface area contributed by atoms with Gasteiger partial charge in [0.25, 0.3) is 0 Å². The van der Waals surface area contributed by atoms with Crippen LogP contribution in [0, 0.1) is 5.92 Å². The van der Waals surface area contributed by atoms with Crippen molar-refractivity contribution in [3.8, 4) is 0 Å². The highest BCUT2D eigenvalue weighted by molar-refractivity contribution is 5.68. The molecule has 1 unspecified atom stereocenters. The molecule has 1 amide bonds. The van der Waals surface area contributed by atoms with Gasteiger partial charge >= 0.3 is 6.09 Å². The van der Waals surface area contributed by atoms with Gasteiger partial charge in [0.1, 0.15) is 5.60 Å². The molecule has 0 bridgehead atoms. The van der Waals surface area contributed by atoms with Crippen molar-refractivity contribution in [3.63, 3.8) is 0 Å². The fourth-order valence-electron chi connectivity index (χ4n) is 1.61. The van der Waals surface area contributed by atoms with Gasteiger partial charge in [0.15, 0.2) is 6.29 Å². The van der Waals surface area contributed by atoms with Gasteiger partial charge in [-0.2, -0.15) is 0 Å². The largest absolute Gasteiger partial charge is 0.444 e. The lowest BCUT2D eigenvalue weighted by Crippen LogP contribution is -2.35. The van der Waals surface area contributed by atoms with Crippen molar-refractivity contribution in [3.05, 3.63) is 0 Å². The van der Waals surface area contributed by atoms with Crippen LogP contribution in [-0.4, -0.2) is 36.0 Å². The summed E-state index contributed by atoms with van der Waals surface area (Å²) in [5, 5.41) is 0. The third kappa shape index (κ3) is 3.90. The molecule has 15 heavy (non-hydrogen) atoms. The Morgan fingerprint density at radius 3 is 2.73 bits per heavy atom. The van der Waals surface area contributed by atoms with E-state index in [0.717, 1.165) is 6.42 Å². The van der Waals surface area contributed by atoms with Crippen LogP contribution in [0.2, 0.25) is 0 Å². The van der Waals surface area contributed by atoms with Gasteiger partial charge in [0.2, 0.25) is 0 Å². The van der Waals surface area contributed by atoms with E-state index in [1.165, 1.54) is 0 Å². The molecule has 85 valence electrons. The zero-order chi connectivity index (χ0) is 11.5. The summed E-state index contributed by atoms with van der Waals surface area (Å²) in [4.78, 5) is 23.5. The lowest BCUT2D eigenvalue weighted by atomic mass is 10.1. The number of likely N-dealkylation sites (tertiary alicyclic amines) is 1. The maximum Gasteiger partial charge on any atom is 0.410 e. The number of carbonyl (C=O) groups is 1. The number of ether oxygens (including phenoxy) is 1. The Hall–Kier alpha value is -1.06. The van der Waals surface area contributed by atoms with Crippen LogP contribution in [0.3, 0.4) is 0 Å². The fraction of sp³-hybridized carbons (Fsp3) is 0.818. The summed E-state index contributed by atoms with van der Waals surface area (Å²) < 4.78 is 5.24. The Bertz CT molecular complexity index is 245. The first-order valence-electron chi connectivity index (χ1n) is 5.25. The predicted octanol–water partition coefficient (Wildman–Crippen LogP) is 1.74. The normalized spacial score (nSPS) is 21.5. The number of nitrogens with zero attached hydrogens (tertiary/aromatic N) is 1. The summed E-state index contributed by atoms with van der Waals surface area (Å²) in [6.07, 6.45) is 2.89. The zero-order valence-electron chi connectivity index (χ0n) is 9.58. The van der Waals surface area contributed by atoms with Crippen LogP contribution >= 0.6 is 0 Å². The summed E-state index contributed by atoms with van der Waals surface area (Å²) in [7, 11) is 0. The van der Waals surface area contributed by atoms with Gasteiger partial charge in [-0.1, -0.05) is 0 Å². The van der Waals surface area contributed by atoms with Gasteiger partial charge in [-0.25, -0.2) is 4.79 Å². The average Bonchev–Trinajstić information content (AvgIpc) is 2.50. The van der Waals surface area contributed by atoms with Crippen LogP contribution in [0.1, 0.15) is 33.6 Å². The smallest absolute Gasteiger partial charge is 0.410 e. The maximum absolute atomic E-state index is 11.6. The first-order chi connectivity index (χ1) is 6.92. The Morgan fingerprint density at radius 1 is 1.53 bits per heavy atom. The maximum atomic E-state index is 11.6. The number of hydrogen-bond donors (Lipinski definition) is 0. The molecule has 1 aliphatic rings. The Kier molecular flexibility index (Phi) is 3.72. The third-order valence-electron chi connectivity index (χ3n) is 2.31. The second-order valence-electron chi connectivity index (χ2n) is 4.93. The van der Waals surface area contributed by atoms with Gasteiger partial charge in [-0.15, -0.1) is 0 Å². The summed E-state index contributed by atoms with van der Waals surface area (Å²) >= 11 is 0. The summed E-state index contributed by atoms with van der Waals surface area (Å²) in [6.45, 7) is 6.83. The molecule has 1 rings (SSSR count). The minimum Gasteiger partial charge on any atom is -0.444 e. The molecule has 1 aliphatic heterocycles. The molecule has 1 heterocycles. The van der Waals surface area contributed by atoms with Gasteiger partial charge in [-0.3, -0.25) is 4.79 Å². The second-order valence-corrected chi connectivity index (χ2v) is 4.93. The second kappa shape index (κ2) is 4.64. The van der Waals surface area contributed by atoms with E-state index >= 15 is 0 Å². The molecular formula is C11H18NO3. The Balaban J connectivity index is 2.40. The molecule has 0 saturated carbocycles. The molecule has 0 aromatic carbocycles. The quantitative estimate of drug-likeness (QED) is 0.700. The molecule has 1 radical (unpaired) electrons. The van der Waals surface area contributed by atoms with Gasteiger partial charge in [0, 0.05) is 19.5 Å². The van der Waals surface area contributed by atoms with Crippen molar-refractivity contribution in [2.75, 3.05) is 13.1 Å². The summed E-state index contributed by atoms with van der Waals surface area (Å²) in [5.74, 6) is 0.259. The molecular weight excluding hydrogens is 194 g/mol. The van der Waals surface area contributed by atoms with E-state index in [1.54, 1.807) is 4.90 Å². The van der Waals surface area contributed by atoms with Crippen molar-refractivity contribution < 1.29 is 14.3 Å². The van der Waals surface area contributed by atoms with Crippen molar-refractivity contribution >= 4 is 12.4 Å². The van der Waals surface area contributed by atoms with E-state index in [9.17, 15) is 9.59 Å². The Labute approximate surface area is 90.6 Å². The minimum absolute atomic E-state index is 0.259. The first-order valence-corrected chi connectivity index (χ1v) is 5.25. The molecule has 1 saturated heterocycles. The van der Waals surface area contributed by atoms with Gasteiger partial charge < -0.3 is 9.64 Å². The molecule has 4 nitrogen and oxygen atoms in total. The third-order valence-corrected chi connectivity index (χ3v) is 2.31. The van der Waals surface area contributed by atoms with Crippen LogP contribution < -0.4 is 0 Å². The molecule has 0 aromatic rings. The SMILES string of the molecule is CC(C)(C)OC(=O)N1CCC(C[C]=O)C1. The lowest BCUT2D eigenvalue weighted by molar-refractivity contribution is 0.0288. The van der Waals surface area contributed by atoms with Crippen LogP contribution in [0.4, 0.5) is 4.79 Å². The number of amides is 1. The van der Waals surface area contributed by atoms with Crippen LogP contribution in [0.15, 0.2) is 0 Å². The van der Waals surface area contributed by atoms with Crippen molar-refractivity contribution in [2.24, 2.45) is 5.92 Å². The summed E-state index contributed by atoms with van der Waals surface area (Å²) in [6, 6.07) is 0. The highest BCUT2D eigenvalue weighted by Gasteiger charge is 2.29. The predicted molar refractivity (Wildman–Crippen MR) is 56.2 cm³/mol. The Morgan fingerprint density at radius 2 is 2.20 bits per heavy atom. The molecule has 0 spiro atoms.